The van der Waals surface area contributed by atoms with Gasteiger partial charge in [0, 0.05) is 26.2 Å². The van der Waals surface area contributed by atoms with E-state index in [2.05, 4.69) is 41.3 Å². The highest BCUT2D eigenvalue weighted by atomic mass is 19.4. The summed E-state index contributed by atoms with van der Waals surface area (Å²) in [5.41, 5.74) is 2.32. The lowest BCUT2D eigenvalue weighted by Crippen LogP contribution is -2.50. The Morgan fingerprint density at radius 3 is 1.97 bits per heavy atom. The van der Waals surface area contributed by atoms with E-state index in [1.807, 2.05) is 25.1 Å². The second kappa shape index (κ2) is 9.17. The number of halogens is 3. The molecule has 3 aromatic carbocycles. The smallest absolute Gasteiger partial charge is 0.336 e. The topological polar surface area (TPSA) is 23.6 Å². The number of alkyl halides is 3. The van der Waals surface area contributed by atoms with Gasteiger partial charge in [0.15, 0.2) is 0 Å². The number of benzene rings is 3. The molecule has 0 radical (unpaired) electrons. The summed E-state index contributed by atoms with van der Waals surface area (Å²) < 4.78 is 40.1. The monoisotopic (exact) mass is 438 g/mol. The van der Waals surface area contributed by atoms with Crippen LogP contribution in [0.15, 0.2) is 78.9 Å². The number of hydrogen-bond donors (Lipinski definition) is 0. The first kappa shape index (κ1) is 22.1. The van der Waals surface area contributed by atoms with Crippen LogP contribution in [0.25, 0.3) is 0 Å². The molecule has 0 spiro atoms. The van der Waals surface area contributed by atoms with Crippen LogP contribution in [0.3, 0.4) is 0 Å². The molecule has 1 fully saturated rings. The summed E-state index contributed by atoms with van der Waals surface area (Å²) in [5, 5.41) is 0. The first-order chi connectivity index (χ1) is 15.3. The number of carbonyl (C=O) groups excluding carboxylic acids is 1. The van der Waals surface area contributed by atoms with E-state index in [0.29, 0.717) is 26.2 Å². The van der Waals surface area contributed by atoms with Crippen LogP contribution in [-0.2, 0) is 6.18 Å². The Labute approximate surface area is 186 Å². The van der Waals surface area contributed by atoms with Crippen molar-refractivity contribution >= 4 is 5.91 Å². The molecule has 0 N–H and O–H groups in total. The molecule has 1 aliphatic rings. The molecule has 0 saturated carbocycles. The number of carbonyl (C=O) groups is 1. The van der Waals surface area contributed by atoms with Crippen molar-refractivity contribution in [2.24, 2.45) is 0 Å². The minimum atomic E-state index is -4.56. The third-order valence-corrected chi connectivity index (χ3v) is 5.94. The fourth-order valence-corrected chi connectivity index (χ4v) is 4.27. The molecule has 0 aliphatic carbocycles. The van der Waals surface area contributed by atoms with Crippen LogP contribution in [-0.4, -0.2) is 41.9 Å². The lowest BCUT2D eigenvalue weighted by atomic mass is 9.95. The second-order valence-electron chi connectivity index (χ2n) is 8.10. The standard InChI is InChI=1S/C26H25F3N2O/c1-19-11-13-21(14-12-19)24(20-7-3-2-4-8-20)30-15-17-31(18-16-30)25(32)22-9-5-6-10-23(22)26(27,28)29/h2-14,24H,15-18H2,1H3/t24-/m1/s1. The summed E-state index contributed by atoms with van der Waals surface area (Å²) in [4.78, 5) is 16.7. The van der Waals surface area contributed by atoms with Gasteiger partial charge in [0.1, 0.15) is 0 Å². The molecule has 1 saturated heterocycles. The zero-order chi connectivity index (χ0) is 22.7. The molecule has 166 valence electrons. The van der Waals surface area contributed by atoms with Gasteiger partial charge in [0.25, 0.3) is 5.91 Å². The molecule has 1 amide bonds. The number of aryl methyl sites for hydroxylation is 1. The Kier molecular flexibility index (Phi) is 6.33. The van der Waals surface area contributed by atoms with E-state index in [4.69, 9.17) is 0 Å². The highest BCUT2D eigenvalue weighted by molar-refractivity contribution is 5.96. The van der Waals surface area contributed by atoms with Crippen LogP contribution in [0.2, 0.25) is 0 Å². The van der Waals surface area contributed by atoms with Crippen molar-refractivity contribution in [3.8, 4) is 0 Å². The van der Waals surface area contributed by atoms with Crippen molar-refractivity contribution in [2.45, 2.75) is 19.1 Å². The van der Waals surface area contributed by atoms with Crippen molar-refractivity contribution in [3.05, 3.63) is 107 Å². The Morgan fingerprint density at radius 2 is 1.34 bits per heavy atom. The average Bonchev–Trinajstić information content (AvgIpc) is 2.81. The van der Waals surface area contributed by atoms with Gasteiger partial charge in [0.05, 0.1) is 17.2 Å². The van der Waals surface area contributed by atoms with Crippen molar-refractivity contribution in [3.63, 3.8) is 0 Å². The van der Waals surface area contributed by atoms with Crippen LogP contribution >= 0.6 is 0 Å². The predicted molar refractivity (Wildman–Crippen MR) is 118 cm³/mol. The minimum Gasteiger partial charge on any atom is -0.336 e. The van der Waals surface area contributed by atoms with Crippen LogP contribution in [0.4, 0.5) is 13.2 Å². The van der Waals surface area contributed by atoms with Crippen LogP contribution in [0, 0.1) is 6.92 Å². The van der Waals surface area contributed by atoms with Gasteiger partial charge in [-0.3, -0.25) is 9.69 Å². The van der Waals surface area contributed by atoms with E-state index in [0.717, 1.165) is 17.2 Å². The number of rotatable bonds is 4. The molecular weight excluding hydrogens is 413 g/mol. The Balaban J connectivity index is 1.54. The zero-order valence-corrected chi connectivity index (χ0v) is 17.8. The first-order valence-corrected chi connectivity index (χ1v) is 10.7. The summed E-state index contributed by atoms with van der Waals surface area (Å²) in [7, 11) is 0. The molecule has 32 heavy (non-hydrogen) atoms. The van der Waals surface area contributed by atoms with Gasteiger partial charge < -0.3 is 4.90 Å². The molecule has 3 aromatic rings. The van der Waals surface area contributed by atoms with Crippen molar-refractivity contribution in [1.29, 1.82) is 0 Å². The Morgan fingerprint density at radius 1 is 0.781 bits per heavy atom. The van der Waals surface area contributed by atoms with Gasteiger partial charge in [-0.2, -0.15) is 13.2 Å². The highest BCUT2D eigenvalue weighted by Gasteiger charge is 2.37. The van der Waals surface area contributed by atoms with Gasteiger partial charge in [0.2, 0.25) is 0 Å². The van der Waals surface area contributed by atoms with Gasteiger partial charge in [-0.1, -0.05) is 72.3 Å². The quantitative estimate of drug-likeness (QED) is 0.532. The van der Waals surface area contributed by atoms with E-state index in [1.54, 1.807) is 0 Å². The maximum absolute atomic E-state index is 13.4. The van der Waals surface area contributed by atoms with Gasteiger partial charge in [-0.25, -0.2) is 0 Å². The molecule has 1 aliphatic heterocycles. The molecule has 1 atom stereocenters. The van der Waals surface area contributed by atoms with Gasteiger partial charge in [-0.15, -0.1) is 0 Å². The highest BCUT2D eigenvalue weighted by Crippen LogP contribution is 2.33. The SMILES string of the molecule is Cc1ccc([C@@H](c2ccccc2)N2CCN(C(=O)c3ccccc3C(F)(F)F)CC2)cc1. The molecule has 6 heteroatoms. The van der Waals surface area contributed by atoms with Gasteiger partial charge in [-0.05, 0) is 30.2 Å². The average molecular weight is 438 g/mol. The number of hydrogen-bond acceptors (Lipinski definition) is 2. The summed E-state index contributed by atoms with van der Waals surface area (Å²) >= 11 is 0. The molecule has 3 nitrogen and oxygen atoms in total. The number of piperazine rings is 1. The third kappa shape index (κ3) is 4.70. The van der Waals surface area contributed by atoms with E-state index >= 15 is 0 Å². The number of amides is 1. The van der Waals surface area contributed by atoms with E-state index in [1.165, 1.54) is 28.7 Å². The van der Waals surface area contributed by atoms with Crippen LogP contribution in [0.1, 0.15) is 38.7 Å². The maximum atomic E-state index is 13.4. The van der Waals surface area contributed by atoms with Gasteiger partial charge >= 0.3 is 6.18 Å². The maximum Gasteiger partial charge on any atom is 0.417 e. The summed E-state index contributed by atoms with van der Waals surface area (Å²) in [6.45, 7) is 3.95. The van der Waals surface area contributed by atoms with E-state index < -0.39 is 17.6 Å². The molecular formula is C26H25F3N2O. The normalized spacial score (nSPS) is 16.1. The molecule has 0 bridgehead atoms. The predicted octanol–water partition coefficient (Wildman–Crippen LogP) is 5.56. The van der Waals surface area contributed by atoms with E-state index in [9.17, 15) is 18.0 Å². The second-order valence-corrected chi connectivity index (χ2v) is 8.10. The van der Waals surface area contributed by atoms with Crippen molar-refractivity contribution < 1.29 is 18.0 Å². The number of nitrogens with zero attached hydrogens (tertiary/aromatic N) is 2. The summed E-state index contributed by atoms with van der Waals surface area (Å²) in [6.07, 6.45) is -4.56. The van der Waals surface area contributed by atoms with Crippen LogP contribution in [0.5, 0.6) is 0 Å². The Hall–Kier alpha value is -3.12. The molecule has 0 unspecified atom stereocenters. The summed E-state index contributed by atoms with van der Waals surface area (Å²) in [6, 6.07) is 23.6. The minimum absolute atomic E-state index is 0.0245. The van der Waals surface area contributed by atoms with E-state index in [-0.39, 0.29) is 11.6 Å². The summed E-state index contributed by atoms with van der Waals surface area (Å²) in [5.74, 6) is -0.566. The van der Waals surface area contributed by atoms with Crippen LogP contribution < -0.4 is 0 Å². The third-order valence-electron chi connectivity index (χ3n) is 5.94. The molecule has 4 rings (SSSR count). The van der Waals surface area contributed by atoms with Crippen molar-refractivity contribution in [1.82, 2.24) is 9.80 Å². The van der Waals surface area contributed by atoms with Crippen molar-refractivity contribution in [2.75, 3.05) is 26.2 Å². The lowest BCUT2D eigenvalue weighted by molar-refractivity contribution is -0.138. The fraction of sp³-hybridized carbons (Fsp3) is 0.269. The fourth-order valence-electron chi connectivity index (χ4n) is 4.27. The Bertz CT molecular complexity index is 1060. The first-order valence-electron chi connectivity index (χ1n) is 10.7. The zero-order valence-electron chi connectivity index (χ0n) is 17.8. The molecule has 0 aromatic heterocycles. The largest absolute Gasteiger partial charge is 0.417 e. The lowest BCUT2D eigenvalue weighted by Gasteiger charge is -2.40. The molecule has 1 heterocycles.